The van der Waals surface area contributed by atoms with Crippen molar-refractivity contribution in [3.05, 3.63) is 0 Å². The molecule has 100 valence electrons. The summed E-state index contributed by atoms with van der Waals surface area (Å²) in [5.74, 6) is 3.47. The molecule has 1 saturated heterocycles. The molecule has 0 aromatic heterocycles. The lowest BCUT2D eigenvalue weighted by molar-refractivity contribution is -0.122. The molecule has 0 aromatic rings. The van der Waals surface area contributed by atoms with Gasteiger partial charge in [0.15, 0.2) is 0 Å². The van der Waals surface area contributed by atoms with E-state index >= 15 is 0 Å². The first-order valence-corrected chi connectivity index (χ1v) is 7.98. The summed E-state index contributed by atoms with van der Waals surface area (Å²) in [5.41, 5.74) is 0. The van der Waals surface area contributed by atoms with Gasteiger partial charge in [0.05, 0.1) is 6.04 Å². The van der Waals surface area contributed by atoms with E-state index < -0.39 is 0 Å². The number of rotatable bonds is 7. The Morgan fingerprint density at radius 1 is 1.41 bits per heavy atom. The number of carbonyl (C=O) groups excluding carboxylic acids is 1. The fraction of sp³-hybridized carbons (Fsp3) is 0.923. The summed E-state index contributed by atoms with van der Waals surface area (Å²) < 4.78 is 0. The molecular weight excluding hydrogens is 232 g/mol. The molecule has 4 heteroatoms. The van der Waals surface area contributed by atoms with Crippen molar-refractivity contribution < 1.29 is 4.79 Å². The number of thioether (sulfide) groups is 1. The van der Waals surface area contributed by atoms with Crippen LogP contribution in [0.4, 0.5) is 0 Å². The van der Waals surface area contributed by atoms with Crippen molar-refractivity contribution in [2.75, 3.05) is 24.6 Å². The van der Waals surface area contributed by atoms with Gasteiger partial charge < -0.3 is 10.6 Å². The summed E-state index contributed by atoms with van der Waals surface area (Å²) in [4.78, 5) is 11.7. The van der Waals surface area contributed by atoms with E-state index in [9.17, 15) is 4.79 Å². The molecule has 1 heterocycles. The van der Waals surface area contributed by atoms with Crippen molar-refractivity contribution in [3.63, 3.8) is 0 Å². The third-order valence-electron chi connectivity index (χ3n) is 3.28. The van der Waals surface area contributed by atoms with Gasteiger partial charge in [-0.15, -0.1) is 0 Å². The first kappa shape index (κ1) is 14.8. The average molecular weight is 258 g/mol. The second kappa shape index (κ2) is 8.81. The molecule has 0 radical (unpaired) electrons. The maximum atomic E-state index is 11.7. The van der Waals surface area contributed by atoms with Crippen molar-refractivity contribution in [1.82, 2.24) is 10.6 Å². The van der Waals surface area contributed by atoms with Crippen molar-refractivity contribution in [2.24, 2.45) is 5.92 Å². The molecule has 0 spiro atoms. The minimum Gasteiger partial charge on any atom is -0.355 e. The highest BCUT2D eigenvalue weighted by molar-refractivity contribution is 7.99. The zero-order chi connectivity index (χ0) is 12.5. The van der Waals surface area contributed by atoms with Gasteiger partial charge in [-0.05, 0) is 50.2 Å². The quantitative estimate of drug-likeness (QED) is 0.687. The van der Waals surface area contributed by atoms with Crippen LogP contribution in [-0.4, -0.2) is 36.5 Å². The standard InChI is InChI=1S/C13H26N2OS/c1-3-4-7-14-13(16)11(2)15-10-12-5-8-17-9-6-12/h11-12,15H,3-10H2,1-2H3,(H,14,16). The van der Waals surface area contributed by atoms with Gasteiger partial charge >= 0.3 is 0 Å². The van der Waals surface area contributed by atoms with Gasteiger partial charge in [-0.25, -0.2) is 0 Å². The molecule has 1 fully saturated rings. The molecule has 0 aromatic carbocycles. The van der Waals surface area contributed by atoms with E-state index in [2.05, 4.69) is 17.6 Å². The molecule has 1 unspecified atom stereocenters. The molecule has 1 aliphatic heterocycles. The minimum atomic E-state index is -0.0542. The first-order chi connectivity index (χ1) is 8.24. The molecule has 17 heavy (non-hydrogen) atoms. The Morgan fingerprint density at radius 2 is 2.12 bits per heavy atom. The fourth-order valence-corrected chi connectivity index (χ4v) is 3.13. The third kappa shape index (κ3) is 6.32. The molecule has 0 bridgehead atoms. The Balaban J connectivity index is 2.10. The van der Waals surface area contributed by atoms with Gasteiger partial charge in [-0.1, -0.05) is 13.3 Å². The van der Waals surface area contributed by atoms with E-state index in [1.807, 2.05) is 18.7 Å². The number of carbonyl (C=O) groups is 1. The van der Waals surface area contributed by atoms with Crippen LogP contribution in [0.5, 0.6) is 0 Å². The number of unbranched alkanes of at least 4 members (excludes halogenated alkanes) is 1. The summed E-state index contributed by atoms with van der Waals surface area (Å²) in [6.45, 7) is 5.89. The van der Waals surface area contributed by atoms with Crippen LogP contribution < -0.4 is 10.6 Å². The van der Waals surface area contributed by atoms with E-state index in [4.69, 9.17) is 0 Å². The maximum Gasteiger partial charge on any atom is 0.236 e. The number of nitrogens with one attached hydrogen (secondary N) is 2. The molecule has 0 aliphatic carbocycles. The van der Waals surface area contributed by atoms with Crippen molar-refractivity contribution in [2.45, 2.75) is 45.6 Å². The van der Waals surface area contributed by atoms with Crippen LogP contribution in [-0.2, 0) is 4.79 Å². The van der Waals surface area contributed by atoms with E-state index in [1.54, 1.807) is 0 Å². The topological polar surface area (TPSA) is 41.1 Å². The fourth-order valence-electron chi connectivity index (χ4n) is 1.93. The van der Waals surface area contributed by atoms with Crippen molar-refractivity contribution >= 4 is 17.7 Å². The van der Waals surface area contributed by atoms with Crippen LogP contribution in [0.2, 0.25) is 0 Å². The lowest BCUT2D eigenvalue weighted by Gasteiger charge is -2.23. The Labute approximate surface area is 109 Å². The molecule has 1 atom stereocenters. The van der Waals surface area contributed by atoms with Crippen LogP contribution >= 0.6 is 11.8 Å². The Hall–Kier alpha value is -0.220. The van der Waals surface area contributed by atoms with Crippen LogP contribution in [0.15, 0.2) is 0 Å². The van der Waals surface area contributed by atoms with Gasteiger partial charge in [0.25, 0.3) is 0 Å². The zero-order valence-electron chi connectivity index (χ0n) is 11.1. The monoisotopic (exact) mass is 258 g/mol. The van der Waals surface area contributed by atoms with Gasteiger partial charge in [-0.3, -0.25) is 4.79 Å². The highest BCUT2D eigenvalue weighted by atomic mass is 32.2. The van der Waals surface area contributed by atoms with Crippen LogP contribution in [0.3, 0.4) is 0 Å². The highest BCUT2D eigenvalue weighted by Gasteiger charge is 2.16. The summed E-state index contributed by atoms with van der Waals surface area (Å²) >= 11 is 2.05. The maximum absolute atomic E-state index is 11.7. The van der Waals surface area contributed by atoms with Gasteiger partial charge in [-0.2, -0.15) is 11.8 Å². The van der Waals surface area contributed by atoms with E-state index in [0.29, 0.717) is 0 Å². The summed E-state index contributed by atoms with van der Waals surface area (Å²) in [6.07, 6.45) is 4.78. The third-order valence-corrected chi connectivity index (χ3v) is 4.33. The van der Waals surface area contributed by atoms with Crippen LogP contribution in [0, 0.1) is 5.92 Å². The first-order valence-electron chi connectivity index (χ1n) is 6.83. The largest absolute Gasteiger partial charge is 0.355 e. The molecule has 1 rings (SSSR count). The number of amides is 1. The van der Waals surface area contributed by atoms with Crippen LogP contribution in [0.25, 0.3) is 0 Å². The molecule has 3 nitrogen and oxygen atoms in total. The Kier molecular flexibility index (Phi) is 7.69. The number of hydrogen-bond donors (Lipinski definition) is 2. The average Bonchev–Trinajstić information content (AvgIpc) is 2.37. The zero-order valence-corrected chi connectivity index (χ0v) is 11.9. The molecule has 2 N–H and O–H groups in total. The van der Waals surface area contributed by atoms with E-state index in [1.165, 1.54) is 24.3 Å². The lowest BCUT2D eigenvalue weighted by atomic mass is 10.0. The predicted octanol–water partition coefficient (Wildman–Crippen LogP) is 2.02. The lowest BCUT2D eigenvalue weighted by Crippen LogP contribution is -2.44. The van der Waals surface area contributed by atoms with Crippen molar-refractivity contribution in [1.29, 1.82) is 0 Å². The smallest absolute Gasteiger partial charge is 0.236 e. The van der Waals surface area contributed by atoms with Gasteiger partial charge in [0.1, 0.15) is 0 Å². The summed E-state index contributed by atoms with van der Waals surface area (Å²) in [7, 11) is 0. The van der Waals surface area contributed by atoms with E-state index in [0.717, 1.165) is 31.8 Å². The number of hydrogen-bond acceptors (Lipinski definition) is 3. The molecule has 0 saturated carbocycles. The van der Waals surface area contributed by atoms with Gasteiger partial charge in [0.2, 0.25) is 5.91 Å². The second-order valence-corrected chi connectivity index (χ2v) is 6.06. The highest BCUT2D eigenvalue weighted by Crippen LogP contribution is 2.21. The Bertz CT molecular complexity index is 217. The SMILES string of the molecule is CCCCNC(=O)C(C)NCC1CCSCC1. The van der Waals surface area contributed by atoms with Crippen LogP contribution in [0.1, 0.15) is 39.5 Å². The minimum absolute atomic E-state index is 0.0542. The summed E-state index contributed by atoms with van der Waals surface area (Å²) in [5, 5.41) is 6.32. The Morgan fingerprint density at radius 3 is 2.76 bits per heavy atom. The normalized spacial score (nSPS) is 18.9. The summed E-state index contributed by atoms with van der Waals surface area (Å²) in [6, 6.07) is -0.0542. The second-order valence-electron chi connectivity index (χ2n) is 4.83. The molecule has 1 amide bonds. The van der Waals surface area contributed by atoms with Gasteiger partial charge in [0, 0.05) is 6.54 Å². The molecule has 1 aliphatic rings. The van der Waals surface area contributed by atoms with E-state index in [-0.39, 0.29) is 11.9 Å². The predicted molar refractivity (Wildman–Crippen MR) is 75.4 cm³/mol. The molecular formula is C13H26N2OS. The van der Waals surface area contributed by atoms with Crippen molar-refractivity contribution in [3.8, 4) is 0 Å².